The van der Waals surface area contributed by atoms with E-state index in [4.69, 9.17) is 4.74 Å². The van der Waals surface area contributed by atoms with Gasteiger partial charge in [0.1, 0.15) is 5.01 Å². The molecule has 0 aliphatic heterocycles. The Bertz CT molecular complexity index is 336. The van der Waals surface area contributed by atoms with Crippen molar-refractivity contribution in [2.75, 3.05) is 21.2 Å². The van der Waals surface area contributed by atoms with E-state index in [1.807, 2.05) is 0 Å². The van der Waals surface area contributed by atoms with E-state index in [1.54, 1.807) is 18.4 Å². The minimum absolute atomic E-state index is 0.491. The SMILES string of the molecule is COCc1nc(CN(C)C)sc1CNC(C)C. The van der Waals surface area contributed by atoms with Gasteiger partial charge < -0.3 is 15.0 Å². The highest BCUT2D eigenvalue weighted by atomic mass is 32.1. The highest BCUT2D eigenvalue weighted by Crippen LogP contribution is 2.20. The molecule has 0 fully saturated rings. The Morgan fingerprint density at radius 3 is 2.65 bits per heavy atom. The van der Waals surface area contributed by atoms with E-state index in [2.05, 4.69) is 43.1 Å². The molecule has 1 N–H and O–H groups in total. The van der Waals surface area contributed by atoms with Crippen molar-refractivity contribution in [3.05, 3.63) is 15.6 Å². The largest absolute Gasteiger partial charge is 0.378 e. The van der Waals surface area contributed by atoms with E-state index in [-0.39, 0.29) is 0 Å². The molecule has 17 heavy (non-hydrogen) atoms. The molecule has 0 saturated carbocycles. The average Bonchev–Trinajstić information content (AvgIpc) is 2.57. The summed E-state index contributed by atoms with van der Waals surface area (Å²) in [6.07, 6.45) is 0. The summed E-state index contributed by atoms with van der Waals surface area (Å²) in [5.41, 5.74) is 1.07. The fourth-order valence-corrected chi connectivity index (χ4v) is 2.60. The van der Waals surface area contributed by atoms with Crippen LogP contribution >= 0.6 is 11.3 Å². The van der Waals surface area contributed by atoms with Crippen LogP contribution in [0.1, 0.15) is 29.4 Å². The van der Waals surface area contributed by atoms with E-state index in [1.165, 1.54) is 4.88 Å². The van der Waals surface area contributed by atoms with Gasteiger partial charge in [0.15, 0.2) is 0 Å². The zero-order valence-electron chi connectivity index (χ0n) is 11.4. The Kier molecular flexibility index (Phi) is 6.05. The quantitative estimate of drug-likeness (QED) is 0.809. The Hall–Kier alpha value is -0.490. The summed E-state index contributed by atoms with van der Waals surface area (Å²) in [6.45, 7) is 6.67. The van der Waals surface area contributed by atoms with Crippen LogP contribution in [0.5, 0.6) is 0 Å². The van der Waals surface area contributed by atoms with Gasteiger partial charge in [-0.2, -0.15) is 0 Å². The number of thiazole rings is 1. The molecule has 0 saturated heterocycles. The summed E-state index contributed by atoms with van der Waals surface area (Å²) in [5.74, 6) is 0. The lowest BCUT2D eigenvalue weighted by Crippen LogP contribution is -2.21. The van der Waals surface area contributed by atoms with Gasteiger partial charge in [0, 0.05) is 31.1 Å². The lowest BCUT2D eigenvalue weighted by molar-refractivity contribution is 0.181. The second-order valence-corrected chi connectivity index (χ2v) is 5.85. The first-order chi connectivity index (χ1) is 8.02. The van der Waals surface area contributed by atoms with Crippen LogP contribution < -0.4 is 5.32 Å². The van der Waals surface area contributed by atoms with Crippen molar-refractivity contribution >= 4 is 11.3 Å². The molecular formula is C12H23N3OS. The lowest BCUT2D eigenvalue weighted by atomic mass is 10.3. The molecule has 1 aromatic rings. The number of hydrogen-bond donors (Lipinski definition) is 1. The molecule has 1 rings (SSSR count). The molecule has 0 unspecified atom stereocenters. The van der Waals surface area contributed by atoms with Gasteiger partial charge in [-0.05, 0) is 14.1 Å². The fraction of sp³-hybridized carbons (Fsp3) is 0.750. The van der Waals surface area contributed by atoms with Crippen molar-refractivity contribution in [3.8, 4) is 0 Å². The summed E-state index contributed by atoms with van der Waals surface area (Å²) < 4.78 is 5.20. The fourth-order valence-electron chi connectivity index (χ4n) is 1.46. The number of aromatic nitrogens is 1. The molecule has 0 spiro atoms. The van der Waals surface area contributed by atoms with Gasteiger partial charge in [-0.1, -0.05) is 13.8 Å². The first-order valence-electron chi connectivity index (χ1n) is 5.87. The van der Waals surface area contributed by atoms with E-state index < -0.39 is 0 Å². The van der Waals surface area contributed by atoms with Crippen LogP contribution in [0.2, 0.25) is 0 Å². The molecule has 4 nitrogen and oxygen atoms in total. The van der Waals surface area contributed by atoms with E-state index in [0.717, 1.165) is 23.8 Å². The van der Waals surface area contributed by atoms with Crippen LogP contribution in [0.15, 0.2) is 0 Å². The maximum Gasteiger partial charge on any atom is 0.107 e. The molecule has 0 atom stereocenters. The smallest absolute Gasteiger partial charge is 0.107 e. The lowest BCUT2D eigenvalue weighted by Gasteiger charge is -2.07. The second kappa shape index (κ2) is 7.06. The van der Waals surface area contributed by atoms with Crippen LogP contribution in [-0.4, -0.2) is 37.1 Å². The summed E-state index contributed by atoms with van der Waals surface area (Å²) in [6, 6.07) is 0.491. The van der Waals surface area contributed by atoms with Gasteiger partial charge in [-0.15, -0.1) is 11.3 Å². The van der Waals surface area contributed by atoms with E-state index >= 15 is 0 Å². The van der Waals surface area contributed by atoms with Crippen LogP contribution in [0, 0.1) is 0 Å². The molecule has 0 radical (unpaired) electrons. The van der Waals surface area contributed by atoms with Crippen molar-refractivity contribution in [2.45, 2.75) is 39.6 Å². The van der Waals surface area contributed by atoms with Gasteiger partial charge in [0.25, 0.3) is 0 Å². The Labute approximate surface area is 108 Å². The zero-order chi connectivity index (χ0) is 12.8. The number of nitrogens with zero attached hydrogens (tertiary/aromatic N) is 2. The number of rotatable bonds is 7. The van der Waals surface area contributed by atoms with Crippen molar-refractivity contribution in [3.63, 3.8) is 0 Å². The van der Waals surface area contributed by atoms with Crippen LogP contribution in [0.4, 0.5) is 0 Å². The highest BCUT2D eigenvalue weighted by molar-refractivity contribution is 7.11. The predicted molar refractivity (Wildman–Crippen MR) is 72.2 cm³/mol. The van der Waals surface area contributed by atoms with Crippen LogP contribution in [0.3, 0.4) is 0 Å². The zero-order valence-corrected chi connectivity index (χ0v) is 12.2. The number of nitrogens with one attached hydrogen (secondary N) is 1. The standard InChI is InChI=1S/C12H23N3OS/c1-9(2)13-6-11-10(8-16-5)14-12(17-11)7-15(3)4/h9,13H,6-8H2,1-5H3. The highest BCUT2D eigenvalue weighted by Gasteiger charge is 2.11. The van der Waals surface area contributed by atoms with E-state index in [9.17, 15) is 0 Å². The molecule has 0 aliphatic carbocycles. The Balaban J connectivity index is 2.73. The molecule has 0 bridgehead atoms. The molecule has 1 heterocycles. The second-order valence-electron chi connectivity index (χ2n) is 4.68. The topological polar surface area (TPSA) is 37.4 Å². The summed E-state index contributed by atoms with van der Waals surface area (Å²) >= 11 is 1.77. The van der Waals surface area contributed by atoms with Crippen LogP contribution in [0.25, 0.3) is 0 Å². The number of hydrogen-bond acceptors (Lipinski definition) is 5. The first kappa shape index (κ1) is 14.6. The third-order valence-corrected chi connectivity index (χ3v) is 3.31. The molecule has 0 amide bonds. The van der Waals surface area contributed by atoms with Gasteiger partial charge in [-0.25, -0.2) is 4.98 Å². The summed E-state index contributed by atoms with van der Waals surface area (Å²) in [4.78, 5) is 8.05. The average molecular weight is 257 g/mol. The molecule has 1 aromatic heterocycles. The Morgan fingerprint density at radius 1 is 1.41 bits per heavy atom. The van der Waals surface area contributed by atoms with Crippen molar-refractivity contribution < 1.29 is 4.74 Å². The predicted octanol–water partition coefficient (Wildman–Crippen LogP) is 1.85. The normalized spacial score (nSPS) is 11.7. The third-order valence-electron chi connectivity index (χ3n) is 2.23. The minimum Gasteiger partial charge on any atom is -0.378 e. The van der Waals surface area contributed by atoms with Gasteiger partial charge in [-0.3, -0.25) is 0 Å². The molecule has 98 valence electrons. The summed E-state index contributed by atoms with van der Waals surface area (Å²) in [5, 5.41) is 4.58. The van der Waals surface area contributed by atoms with E-state index in [0.29, 0.717) is 12.6 Å². The molecule has 0 aliphatic rings. The number of ether oxygens (including phenoxy) is 1. The monoisotopic (exact) mass is 257 g/mol. The van der Waals surface area contributed by atoms with Crippen LogP contribution in [-0.2, 0) is 24.4 Å². The molecule has 5 heteroatoms. The maximum absolute atomic E-state index is 5.20. The maximum atomic E-state index is 5.20. The van der Waals surface area contributed by atoms with Crippen molar-refractivity contribution in [1.82, 2.24) is 15.2 Å². The third kappa shape index (κ3) is 5.12. The van der Waals surface area contributed by atoms with Crippen molar-refractivity contribution in [2.24, 2.45) is 0 Å². The molecule has 0 aromatic carbocycles. The van der Waals surface area contributed by atoms with Gasteiger partial charge in [0.05, 0.1) is 12.3 Å². The summed E-state index contributed by atoms with van der Waals surface area (Å²) in [7, 11) is 5.83. The first-order valence-corrected chi connectivity index (χ1v) is 6.69. The Morgan fingerprint density at radius 2 is 2.12 bits per heavy atom. The van der Waals surface area contributed by atoms with Crippen molar-refractivity contribution in [1.29, 1.82) is 0 Å². The number of methoxy groups -OCH3 is 1. The minimum atomic E-state index is 0.491. The van der Waals surface area contributed by atoms with Gasteiger partial charge >= 0.3 is 0 Å². The molecular weight excluding hydrogens is 234 g/mol. The van der Waals surface area contributed by atoms with Gasteiger partial charge in [0.2, 0.25) is 0 Å².